The summed E-state index contributed by atoms with van der Waals surface area (Å²) in [6, 6.07) is 11.6. The number of nitrogens with one attached hydrogen (secondary N) is 1. The van der Waals surface area contributed by atoms with Crippen LogP contribution in [0.15, 0.2) is 47.4 Å². The van der Waals surface area contributed by atoms with Gasteiger partial charge in [0.1, 0.15) is 0 Å². The van der Waals surface area contributed by atoms with E-state index in [4.69, 9.17) is 5.73 Å². The number of carbonyl (C=O) groups is 1. The third-order valence-electron chi connectivity index (χ3n) is 3.61. The minimum absolute atomic E-state index is 0.101. The zero-order chi connectivity index (χ0) is 17.4. The largest absolute Gasteiger partial charge is 0.355 e. The van der Waals surface area contributed by atoms with E-state index in [2.05, 4.69) is 5.32 Å². The first kappa shape index (κ1) is 17.7. The summed E-state index contributed by atoms with van der Waals surface area (Å²) in [5.74, 6) is -0.101. The van der Waals surface area contributed by atoms with Gasteiger partial charge in [0.15, 0.2) is 0 Å². The van der Waals surface area contributed by atoms with Gasteiger partial charge in [-0.25, -0.2) is 0 Å². The highest BCUT2D eigenvalue weighted by molar-refractivity contribution is 5.75. The molecule has 3 N–H and O–H groups in total. The first-order chi connectivity index (χ1) is 11.6. The molecule has 0 aliphatic carbocycles. The van der Waals surface area contributed by atoms with Crippen molar-refractivity contribution >= 4 is 18.1 Å². The molecule has 0 aliphatic heterocycles. The van der Waals surface area contributed by atoms with E-state index in [1.54, 1.807) is 12.3 Å². The highest BCUT2D eigenvalue weighted by atomic mass is 16.1. The van der Waals surface area contributed by atoms with Crippen LogP contribution in [0, 0.1) is 6.92 Å². The van der Waals surface area contributed by atoms with Crippen molar-refractivity contribution in [3.8, 4) is 0 Å². The molecule has 126 valence electrons. The van der Waals surface area contributed by atoms with Gasteiger partial charge in [-0.2, -0.15) is 0 Å². The average Bonchev–Trinajstić information content (AvgIpc) is 2.58. The van der Waals surface area contributed by atoms with Crippen molar-refractivity contribution in [3.05, 3.63) is 69.6 Å². The van der Waals surface area contributed by atoms with E-state index >= 15 is 0 Å². The first-order valence-corrected chi connectivity index (χ1v) is 8.00. The Morgan fingerprint density at radius 1 is 1.17 bits per heavy atom. The molecule has 24 heavy (non-hydrogen) atoms. The van der Waals surface area contributed by atoms with Gasteiger partial charge in [0.05, 0.1) is 0 Å². The van der Waals surface area contributed by atoms with Crippen molar-refractivity contribution in [1.29, 1.82) is 0 Å². The second kappa shape index (κ2) is 8.84. The van der Waals surface area contributed by atoms with E-state index in [1.165, 1.54) is 10.1 Å². The quantitative estimate of drug-likeness (QED) is 0.815. The van der Waals surface area contributed by atoms with E-state index < -0.39 is 0 Å². The predicted molar refractivity (Wildman–Crippen MR) is 97.5 cm³/mol. The predicted octanol–water partition coefficient (Wildman–Crippen LogP) is 1.79. The maximum absolute atomic E-state index is 12.1. The molecule has 1 heterocycles. The van der Waals surface area contributed by atoms with Crippen LogP contribution < -0.4 is 16.6 Å². The molecule has 0 spiro atoms. The van der Waals surface area contributed by atoms with Crippen LogP contribution in [0.1, 0.15) is 23.1 Å². The Kier molecular flexibility index (Phi) is 6.51. The Hall–Kier alpha value is -2.66. The zero-order valence-corrected chi connectivity index (χ0v) is 13.9. The molecule has 0 unspecified atom stereocenters. The molecule has 0 saturated carbocycles. The fourth-order valence-electron chi connectivity index (χ4n) is 2.20. The van der Waals surface area contributed by atoms with Crippen LogP contribution in [0.2, 0.25) is 0 Å². The van der Waals surface area contributed by atoms with Crippen LogP contribution in [-0.2, 0) is 11.3 Å². The van der Waals surface area contributed by atoms with Gasteiger partial charge in [0.25, 0.3) is 5.56 Å². The number of benzene rings is 1. The number of hydrogen-bond acceptors (Lipinski definition) is 3. The molecule has 0 atom stereocenters. The van der Waals surface area contributed by atoms with Gasteiger partial charge < -0.3 is 15.6 Å². The first-order valence-electron chi connectivity index (χ1n) is 8.00. The molecule has 0 radical (unpaired) electrons. The molecule has 0 bridgehead atoms. The molecule has 0 saturated heterocycles. The number of pyridine rings is 1. The summed E-state index contributed by atoms with van der Waals surface area (Å²) in [4.78, 5) is 23.6. The van der Waals surface area contributed by atoms with Gasteiger partial charge in [-0.3, -0.25) is 9.59 Å². The summed E-state index contributed by atoms with van der Waals surface area (Å²) in [6.07, 6.45) is 5.86. The van der Waals surface area contributed by atoms with Crippen molar-refractivity contribution < 1.29 is 4.79 Å². The van der Waals surface area contributed by atoms with Crippen molar-refractivity contribution in [2.24, 2.45) is 5.73 Å². The van der Waals surface area contributed by atoms with Crippen LogP contribution in [0.25, 0.3) is 12.2 Å². The minimum atomic E-state index is -0.118. The van der Waals surface area contributed by atoms with E-state index in [0.29, 0.717) is 19.6 Å². The zero-order valence-electron chi connectivity index (χ0n) is 13.9. The maximum atomic E-state index is 12.1. The Balaban J connectivity index is 1.97. The molecule has 5 nitrogen and oxygen atoms in total. The minimum Gasteiger partial charge on any atom is -0.355 e. The Labute approximate surface area is 141 Å². The molecular weight excluding hydrogens is 302 g/mol. The standard InChI is InChI=1S/C19H23N3O2/c1-15-2-4-16(5-3-15)6-7-17-8-12-22(19(24)14-17)13-9-18(23)21-11-10-20/h2-8,12,14H,9-11,13,20H2,1H3,(H,21,23)/b7-6+. The topological polar surface area (TPSA) is 77.1 Å². The van der Waals surface area contributed by atoms with Gasteiger partial charge in [-0.1, -0.05) is 42.0 Å². The smallest absolute Gasteiger partial charge is 0.251 e. The Morgan fingerprint density at radius 2 is 1.88 bits per heavy atom. The van der Waals surface area contributed by atoms with Gasteiger partial charge in [0, 0.05) is 38.3 Å². The molecule has 0 aliphatic rings. The number of rotatable bonds is 7. The fraction of sp³-hybridized carbons (Fsp3) is 0.263. The van der Waals surface area contributed by atoms with Gasteiger partial charge in [0.2, 0.25) is 5.91 Å². The summed E-state index contributed by atoms with van der Waals surface area (Å²) in [5.41, 5.74) is 8.34. The number of carbonyl (C=O) groups excluding carboxylic acids is 1. The molecule has 1 amide bonds. The molecule has 5 heteroatoms. The summed E-state index contributed by atoms with van der Waals surface area (Å²) < 4.78 is 1.53. The normalized spacial score (nSPS) is 10.9. The van der Waals surface area contributed by atoms with E-state index in [9.17, 15) is 9.59 Å². The maximum Gasteiger partial charge on any atom is 0.251 e. The van der Waals surface area contributed by atoms with E-state index in [0.717, 1.165) is 11.1 Å². The lowest BCUT2D eigenvalue weighted by atomic mass is 10.1. The van der Waals surface area contributed by atoms with Crippen LogP contribution in [0.5, 0.6) is 0 Å². The highest BCUT2D eigenvalue weighted by Gasteiger charge is 2.02. The number of aromatic nitrogens is 1. The van der Waals surface area contributed by atoms with E-state index in [-0.39, 0.29) is 17.9 Å². The highest BCUT2D eigenvalue weighted by Crippen LogP contribution is 2.08. The molecular formula is C19H23N3O2. The molecule has 1 aromatic carbocycles. The number of nitrogens with two attached hydrogens (primary N) is 1. The summed E-state index contributed by atoms with van der Waals surface area (Å²) >= 11 is 0. The van der Waals surface area contributed by atoms with Crippen molar-refractivity contribution in [2.75, 3.05) is 13.1 Å². The number of nitrogens with zero attached hydrogens (tertiary/aromatic N) is 1. The lowest BCUT2D eigenvalue weighted by Gasteiger charge is -2.06. The van der Waals surface area contributed by atoms with Gasteiger partial charge in [-0.05, 0) is 24.1 Å². The van der Waals surface area contributed by atoms with Crippen molar-refractivity contribution in [2.45, 2.75) is 19.9 Å². The van der Waals surface area contributed by atoms with Gasteiger partial charge >= 0.3 is 0 Å². The van der Waals surface area contributed by atoms with Crippen molar-refractivity contribution in [3.63, 3.8) is 0 Å². The number of hydrogen-bond donors (Lipinski definition) is 2. The summed E-state index contributed by atoms with van der Waals surface area (Å²) in [6.45, 7) is 3.27. The number of amides is 1. The lowest BCUT2D eigenvalue weighted by molar-refractivity contribution is -0.121. The SMILES string of the molecule is Cc1ccc(/C=C/c2ccn(CCC(=O)NCCN)c(=O)c2)cc1. The molecule has 0 fully saturated rings. The fourth-order valence-corrected chi connectivity index (χ4v) is 2.20. The average molecular weight is 325 g/mol. The monoisotopic (exact) mass is 325 g/mol. The van der Waals surface area contributed by atoms with Crippen LogP contribution >= 0.6 is 0 Å². The van der Waals surface area contributed by atoms with Crippen LogP contribution in [0.4, 0.5) is 0 Å². The lowest BCUT2D eigenvalue weighted by Crippen LogP contribution is -2.30. The molecule has 2 aromatic rings. The van der Waals surface area contributed by atoms with Gasteiger partial charge in [-0.15, -0.1) is 0 Å². The second-order valence-electron chi connectivity index (χ2n) is 5.62. The number of aryl methyl sites for hydroxylation is 2. The van der Waals surface area contributed by atoms with Crippen LogP contribution in [0.3, 0.4) is 0 Å². The third kappa shape index (κ3) is 5.52. The summed E-state index contributed by atoms with van der Waals surface area (Å²) in [7, 11) is 0. The molecule has 1 aromatic heterocycles. The Morgan fingerprint density at radius 3 is 2.54 bits per heavy atom. The van der Waals surface area contributed by atoms with Crippen LogP contribution in [-0.4, -0.2) is 23.6 Å². The summed E-state index contributed by atoms with van der Waals surface area (Å²) in [5, 5.41) is 2.69. The second-order valence-corrected chi connectivity index (χ2v) is 5.62. The molecule has 2 rings (SSSR count). The third-order valence-corrected chi connectivity index (χ3v) is 3.61. The Bertz CT molecular complexity index is 761. The van der Waals surface area contributed by atoms with Crippen molar-refractivity contribution in [1.82, 2.24) is 9.88 Å². The van der Waals surface area contributed by atoms with E-state index in [1.807, 2.05) is 49.4 Å².